The lowest BCUT2D eigenvalue weighted by Crippen LogP contribution is -2.11. The van der Waals surface area contributed by atoms with Crippen molar-refractivity contribution in [3.05, 3.63) is 70.7 Å². The van der Waals surface area contributed by atoms with Gasteiger partial charge < -0.3 is 9.47 Å². The minimum atomic E-state index is -0.578. The molecule has 4 nitrogen and oxygen atoms in total. The zero-order valence-corrected chi connectivity index (χ0v) is 15.2. The third kappa shape index (κ3) is 3.67. The largest absolute Gasteiger partial charge is 0.496 e. The number of halogens is 1. The van der Waals surface area contributed by atoms with Crippen LogP contribution in [0.5, 0.6) is 5.75 Å². The molecule has 134 valence electrons. The summed E-state index contributed by atoms with van der Waals surface area (Å²) in [5.74, 6) is -0.320. The van der Waals surface area contributed by atoms with E-state index in [0.717, 1.165) is 0 Å². The van der Waals surface area contributed by atoms with E-state index in [4.69, 9.17) is 9.47 Å². The third-order valence-corrected chi connectivity index (χ3v) is 4.10. The minimum absolute atomic E-state index is 0.0334. The molecule has 0 spiro atoms. The average Bonchev–Trinajstić information content (AvgIpc) is 2.95. The van der Waals surface area contributed by atoms with Crippen molar-refractivity contribution in [3.63, 3.8) is 0 Å². The van der Waals surface area contributed by atoms with Gasteiger partial charge in [-0.3, -0.25) is 0 Å². The number of cyclic esters (lactones) is 1. The number of hydrogen-bond donors (Lipinski definition) is 0. The standard InChI is InChI=1S/C21H20FNO3/c1-21(2,3)15-7-5-13(6-8-15)19-23-17(20(24)26-19)12-14-11-16(22)9-10-18(14)25-4/h5-12H,1-4H3/b17-12+. The zero-order chi connectivity index (χ0) is 18.9. The maximum Gasteiger partial charge on any atom is 0.363 e. The van der Waals surface area contributed by atoms with Gasteiger partial charge in [0.25, 0.3) is 0 Å². The lowest BCUT2D eigenvalue weighted by atomic mass is 9.87. The lowest BCUT2D eigenvalue weighted by molar-refractivity contribution is -0.129. The molecule has 5 heteroatoms. The van der Waals surface area contributed by atoms with Crippen LogP contribution in [0.1, 0.15) is 37.5 Å². The van der Waals surface area contributed by atoms with E-state index in [0.29, 0.717) is 16.9 Å². The van der Waals surface area contributed by atoms with E-state index in [1.165, 1.54) is 36.9 Å². The van der Waals surface area contributed by atoms with Crippen LogP contribution in [0, 0.1) is 5.82 Å². The summed E-state index contributed by atoms with van der Waals surface area (Å²) >= 11 is 0. The van der Waals surface area contributed by atoms with E-state index in [-0.39, 0.29) is 17.0 Å². The summed E-state index contributed by atoms with van der Waals surface area (Å²) in [6.45, 7) is 6.38. The van der Waals surface area contributed by atoms with Crippen LogP contribution in [-0.4, -0.2) is 19.0 Å². The van der Waals surface area contributed by atoms with Crippen LogP contribution < -0.4 is 4.74 Å². The number of rotatable bonds is 3. The Labute approximate surface area is 152 Å². The smallest absolute Gasteiger partial charge is 0.363 e. The van der Waals surface area contributed by atoms with Crippen LogP contribution in [0.25, 0.3) is 6.08 Å². The molecule has 1 heterocycles. The minimum Gasteiger partial charge on any atom is -0.496 e. The van der Waals surface area contributed by atoms with Gasteiger partial charge in [-0.2, -0.15) is 0 Å². The number of benzene rings is 2. The Morgan fingerprint density at radius 3 is 2.42 bits per heavy atom. The number of carbonyl (C=O) groups excluding carboxylic acids is 1. The fourth-order valence-electron chi connectivity index (χ4n) is 2.61. The topological polar surface area (TPSA) is 47.9 Å². The number of ether oxygens (including phenoxy) is 2. The molecule has 0 amide bonds. The first-order chi connectivity index (χ1) is 12.3. The first-order valence-corrected chi connectivity index (χ1v) is 8.25. The maximum absolute atomic E-state index is 13.5. The monoisotopic (exact) mass is 353 g/mol. The third-order valence-electron chi connectivity index (χ3n) is 4.10. The number of hydrogen-bond acceptors (Lipinski definition) is 4. The Morgan fingerprint density at radius 2 is 1.81 bits per heavy atom. The predicted octanol–water partition coefficient (Wildman–Crippen LogP) is 4.48. The van der Waals surface area contributed by atoms with Crippen LogP contribution in [0.15, 0.2) is 53.2 Å². The van der Waals surface area contributed by atoms with E-state index < -0.39 is 11.8 Å². The molecule has 26 heavy (non-hydrogen) atoms. The van der Waals surface area contributed by atoms with Crippen molar-refractivity contribution >= 4 is 17.9 Å². The van der Waals surface area contributed by atoms with Crippen molar-refractivity contribution in [2.24, 2.45) is 4.99 Å². The maximum atomic E-state index is 13.5. The molecule has 2 aromatic carbocycles. The van der Waals surface area contributed by atoms with Gasteiger partial charge >= 0.3 is 5.97 Å². The van der Waals surface area contributed by atoms with Crippen LogP contribution in [0.2, 0.25) is 0 Å². The van der Waals surface area contributed by atoms with E-state index in [1.807, 2.05) is 24.3 Å². The molecule has 0 N–H and O–H groups in total. The Kier molecular flexibility index (Phi) is 4.64. The number of methoxy groups -OCH3 is 1. The molecular weight excluding hydrogens is 333 g/mol. The first-order valence-electron chi connectivity index (χ1n) is 8.25. The number of carbonyl (C=O) groups is 1. The van der Waals surface area contributed by atoms with Crippen molar-refractivity contribution in [1.29, 1.82) is 0 Å². The molecule has 0 bridgehead atoms. The highest BCUT2D eigenvalue weighted by atomic mass is 19.1. The first kappa shape index (κ1) is 17.9. The summed E-state index contributed by atoms with van der Waals surface area (Å²) in [6.07, 6.45) is 1.46. The molecule has 2 aromatic rings. The van der Waals surface area contributed by atoms with Crippen molar-refractivity contribution in [2.75, 3.05) is 7.11 Å². The molecule has 0 atom stereocenters. The van der Waals surface area contributed by atoms with E-state index in [9.17, 15) is 9.18 Å². The Balaban J connectivity index is 1.93. The van der Waals surface area contributed by atoms with Gasteiger partial charge in [-0.05, 0) is 47.4 Å². The van der Waals surface area contributed by atoms with Crippen LogP contribution >= 0.6 is 0 Å². The Hall–Kier alpha value is -2.95. The van der Waals surface area contributed by atoms with Crippen LogP contribution in [0.3, 0.4) is 0 Å². The van der Waals surface area contributed by atoms with Crippen molar-refractivity contribution in [3.8, 4) is 5.75 Å². The zero-order valence-electron chi connectivity index (χ0n) is 15.2. The molecule has 1 aliphatic rings. The summed E-state index contributed by atoms with van der Waals surface area (Å²) < 4.78 is 24.0. The molecule has 0 radical (unpaired) electrons. The second-order valence-corrected chi connectivity index (χ2v) is 7.05. The molecule has 0 aliphatic carbocycles. The highest BCUT2D eigenvalue weighted by molar-refractivity contribution is 6.12. The average molecular weight is 353 g/mol. The summed E-state index contributed by atoms with van der Waals surface area (Å²) in [4.78, 5) is 16.4. The van der Waals surface area contributed by atoms with Gasteiger partial charge in [0, 0.05) is 11.1 Å². The summed E-state index contributed by atoms with van der Waals surface area (Å²) in [5, 5.41) is 0. The number of aliphatic imine (C=N–C) groups is 1. The van der Waals surface area contributed by atoms with Crippen LogP contribution in [-0.2, 0) is 14.9 Å². The summed E-state index contributed by atoms with van der Waals surface area (Å²) in [7, 11) is 1.48. The molecule has 1 aliphatic heterocycles. The normalized spacial score (nSPS) is 15.8. The molecule has 3 rings (SSSR count). The molecule has 0 fully saturated rings. The van der Waals surface area contributed by atoms with Gasteiger partial charge in [-0.25, -0.2) is 14.2 Å². The fraction of sp³-hybridized carbons (Fsp3) is 0.238. The van der Waals surface area contributed by atoms with Crippen LogP contribution in [0.4, 0.5) is 4.39 Å². The number of esters is 1. The fourth-order valence-corrected chi connectivity index (χ4v) is 2.61. The highest BCUT2D eigenvalue weighted by Crippen LogP contribution is 2.27. The molecular formula is C21H20FNO3. The second kappa shape index (κ2) is 6.75. The molecule has 0 unspecified atom stereocenters. The van der Waals surface area contributed by atoms with Crippen molar-refractivity contribution in [2.45, 2.75) is 26.2 Å². The summed E-state index contributed by atoms with van der Waals surface area (Å²) in [6, 6.07) is 11.8. The second-order valence-electron chi connectivity index (χ2n) is 7.05. The van der Waals surface area contributed by atoms with Gasteiger partial charge in [0.2, 0.25) is 5.90 Å². The lowest BCUT2D eigenvalue weighted by Gasteiger charge is -2.18. The quantitative estimate of drug-likeness (QED) is 0.604. The van der Waals surface area contributed by atoms with E-state index >= 15 is 0 Å². The molecule has 0 saturated carbocycles. The Bertz CT molecular complexity index is 906. The van der Waals surface area contributed by atoms with Gasteiger partial charge in [0.15, 0.2) is 5.70 Å². The summed E-state index contributed by atoms with van der Waals surface area (Å²) in [5.41, 5.74) is 2.44. The van der Waals surface area contributed by atoms with E-state index in [2.05, 4.69) is 25.8 Å². The van der Waals surface area contributed by atoms with Crippen molar-refractivity contribution in [1.82, 2.24) is 0 Å². The van der Waals surface area contributed by atoms with E-state index in [1.54, 1.807) is 0 Å². The highest BCUT2D eigenvalue weighted by Gasteiger charge is 2.25. The number of nitrogens with zero attached hydrogens (tertiary/aromatic N) is 1. The molecule has 0 saturated heterocycles. The van der Waals surface area contributed by atoms with Gasteiger partial charge in [0.1, 0.15) is 11.6 Å². The van der Waals surface area contributed by atoms with Gasteiger partial charge in [0.05, 0.1) is 7.11 Å². The molecule has 0 aromatic heterocycles. The Morgan fingerprint density at radius 1 is 1.12 bits per heavy atom. The van der Waals surface area contributed by atoms with Gasteiger partial charge in [-0.15, -0.1) is 0 Å². The van der Waals surface area contributed by atoms with Gasteiger partial charge in [-0.1, -0.05) is 32.9 Å². The predicted molar refractivity (Wildman–Crippen MR) is 98.7 cm³/mol. The van der Waals surface area contributed by atoms with Crippen molar-refractivity contribution < 1.29 is 18.7 Å². The SMILES string of the molecule is COc1ccc(F)cc1/C=C1/N=C(c2ccc(C(C)(C)C)cc2)OC1=O.